The first-order valence-corrected chi connectivity index (χ1v) is 6.49. The van der Waals surface area contributed by atoms with E-state index in [0.717, 1.165) is 12.1 Å². The lowest BCUT2D eigenvalue weighted by Crippen LogP contribution is -2.03. The Kier molecular flexibility index (Phi) is 3.27. The van der Waals surface area contributed by atoms with E-state index in [2.05, 4.69) is 36.3 Å². The van der Waals surface area contributed by atoms with E-state index < -0.39 is 11.6 Å². The number of hydrogen-bond acceptors (Lipinski definition) is 4. The number of fused-ring (bicyclic) bond motifs is 1. The van der Waals surface area contributed by atoms with E-state index in [9.17, 15) is 8.78 Å². The van der Waals surface area contributed by atoms with Gasteiger partial charge in [0, 0.05) is 12.1 Å². The molecule has 3 rings (SSSR count). The molecule has 102 valence electrons. The zero-order valence-electron chi connectivity index (χ0n) is 9.61. The van der Waals surface area contributed by atoms with Crippen LogP contribution < -0.4 is 5.32 Å². The van der Waals surface area contributed by atoms with Crippen LogP contribution in [-0.4, -0.2) is 19.6 Å². The SMILES string of the molecule is Fc1cc(Nc2cc(Cl)nc3ncnn23)c(F)cc1Br. The average molecular weight is 361 g/mol. The summed E-state index contributed by atoms with van der Waals surface area (Å²) < 4.78 is 28.6. The quantitative estimate of drug-likeness (QED) is 0.561. The van der Waals surface area contributed by atoms with Gasteiger partial charge in [-0.2, -0.15) is 19.6 Å². The van der Waals surface area contributed by atoms with E-state index >= 15 is 0 Å². The molecule has 0 fully saturated rings. The summed E-state index contributed by atoms with van der Waals surface area (Å²) in [5, 5.41) is 6.79. The summed E-state index contributed by atoms with van der Waals surface area (Å²) in [5.74, 6) is -0.653. The fourth-order valence-electron chi connectivity index (χ4n) is 1.63. The van der Waals surface area contributed by atoms with Gasteiger partial charge in [0.05, 0.1) is 10.2 Å². The number of nitrogens with one attached hydrogen (secondary N) is 1. The van der Waals surface area contributed by atoms with Crippen LogP contribution in [0, 0.1) is 11.6 Å². The molecule has 0 radical (unpaired) electrons. The Balaban J connectivity index is 2.09. The van der Waals surface area contributed by atoms with Crippen molar-refractivity contribution in [2.75, 3.05) is 5.32 Å². The molecule has 0 unspecified atom stereocenters. The maximum absolute atomic E-state index is 13.8. The second kappa shape index (κ2) is 4.95. The van der Waals surface area contributed by atoms with Crippen LogP contribution in [0.4, 0.5) is 20.3 Å². The lowest BCUT2D eigenvalue weighted by molar-refractivity contribution is 0.597. The molecule has 0 aliphatic heterocycles. The molecule has 0 amide bonds. The monoisotopic (exact) mass is 359 g/mol. The van der Waals surface area contributed by atoms with Crippen LogP contribution in [0.2, 0.25) is 5.15 Å². The smallest absolute Gasteiger partial charge is 0.255 e. The lowest BCUT2D eigenvalue weighted by atomic mass is 10.3. The van der Waals surface area contributed by atoms with Gasteiger partial charge in [0.25, 0.3) is 5.78 Å². The van der Waals surface area contributed by atoms with E-state index in [-0.39, 0.29) is 21.1 Å². The summed E-state index contributed by atoms with van der Waals surface area (Å²) in [6.07, 6.45) is 1.28. The maximum Gasteiger partial charge on any atom is 0.255 e. The fourth-order valence-corrected chi connectivity index (χ4v) is 2.12. The minimum absolute atomic E-state index is 0.0409. The highest BCUT2D eigenvalue weighted by molar-refractivity contribution is 9.10. The number of anilines is 2. The van der Waals surface area contributed by atoms with E-state index in [1.165, 1.54) is 16.9 Å². The van der Waals surface area contributed by atoms with Gasteiger partial charge in [-0.05, 0) is 22.0 Å². The number of halogens is 4. The Morgan fingerprint density at radius 3 is 2.80 bits per heavy atom. The molecule has 0 atom stereocenters. The highest BCUT2D eigenvalue weighted by Crippen LogP contribution is 2.26. The molecular formula is C11H5BrClF2N5. The van der Waals surface area contributed by atoms with Gasteiger partial charge in [-0.1, -0.05) is 11.6 Å². The number of rotatable bonds is 2. The van der Waals surface area contributed by atoms with Crippen molar-refractivity contribution in [1.29, 1.82) is 0 Å². The Hall–Kier alpha value is -1.80. The second-order valence-electron chi connectivity index (χ2n) is 3.81. The summed E-state index contributed by atoms with van der Waals surface area (Å²) in [7, 11) is 0. The van der Waals surface area contributed by atoms with Crippen LogP contribution in [0.15, 0.2) is 29.0 Å². The van der Waals surface area contributed by atoms with Gasteiger partial charge in [-0.3, -0.25) is 0 Å². The third-order valence-corrected chi connectivity index (χ3v) is 3.29. The third-order valence-electron chi connectivity index (χ3n) is 2.49. The molecule has 0 spiro atoms. The molecule has 2 heterocycles. The molecule has 9 heteroatoms. The Morgan fingerprint density at radius 2 is 2.00 bits per heavy atom. The van der Waals surface area contributed by atoms with Crippen molar-refractivity contribution in [1.82, 2.24) is 19.6 Å². The molecule has 1 N–H and O–H groups in total. The maximum atomic E-state index is 13.8. The van der Waals surface area contributed by atoms with Crippen molar-refractivity contribution in [2.45, 2.75) is 0 Å². The van der Waals surface area contributed by atoms with Crippen molar-refractivity contribution in [3.05, 3.63) is 45.8 Å². The lowest BCUT2D eigenvalue weighted by Gasteiger charge is -2.09. The Bertz CT molecular complexity index is 807. The van der Waals surface area contributed by atoms with Crippen LogP contribution >= 0.6 is 27.5 Å². The van der Waals surface area contributed by atoms with Crippen molar-refractivity contribution in [3.8, 4) is 0 Å². The largest absolute Gasteiger partial charge is 0.338 e. The Labute approximate surface area is 124 Å². The van der Waals surface area contributed by atoms with E-state index in [1.54, 1.807) is 0 Å². The first-order valence-electron chi connectivity index (χ1n) is 5.32. The number of aromatic nitrogens is 4. The summed E-state index contributed by atoms with van der Waals surface area (Å²) in [6, 6.07) is 3.48. The zero-order valence-corrected chi connectivity index (χ0v) is 12.0. The third kappa shape index (κ3) is 2.32. The molecule has 20 heavy (non-hydrogen) atoms. The Morgan fingerprint density at radius 1 is 1.20 bits per heavy atom. The average Bonchev–Trinajstić information content (AvgIpc) is 2.84. The van der Waals surface area contributed by atoms with Crippen molar-refractivity contribution >= 4 is 44.8 Å². The van der Waals surface area contributed by atoms with Crippen LogP contribution in [0.3, 0.4) is 0 Å². The molecule has 0 saturated heterocycles. The van der Waals surface area contributed by atoms with Crippen LogP contribution in [-0.2, 0) is 0 Å². The van der Waals surface area contributed by atoms with E-state index in [1.807, 2.05) is 0 Å². The van der Waals surface area contributed by atoms with Gasteiger partial charge in [0.15, 0.2) is 0 Å². The second-order valence-corrected chi connectivity index (χ2v) is 5.05. The minimum Gasteiger partial charge on any atom is -0.338 e. The first-order chi connectivity index (χ1) is 9.54. The van der Waals surface area contributed by atoms with Crippen molar-refractivity contribution < 1.29 is 8.78 Å². The molecule has 0 aliphatic rings. The minimum atomic E-state index is -0.625. The highest BCUT2D eigenvalue weighted by Gasteiger charge is 2.12. The molecule has 0 bridgehead atoms. The summed E-state index contributed by atoms with van der Waals surface area (Å²) in [4.78, 5) is 7.81. The van der Waals surface area contributed by atoms with Gasteiger partial charge in [-0.25, -0.2) is 8.78 Å². The fraction of sp³-hybridized carbons (Fsp3) is 0. The number of benzene rings is 1. The molecule has 3 aromatic rings. The number of nitrogens with zero attached hydrogens (tertiary/aromatic N) is 4. The highest BCUT2D eigenvalue weighted by atomic mass is 79.9. The van der Waals surface area contributed by atoms with Crippen LogP contribution in [0.1, 0.15) is 0 Å². The van der Waals surface area contributed by atoms with Gasteiger partial charge < -0.3 is 5.32 Å². The summed E-state index contributed by atoms with van der Waals surface area (Å²) in [5.41, 5.74) is -0.0511. The van der Waals surface area contributed by atoms with E-state index in [0.29, 0.717) is 5.82 Å². The summed E-state index contributed by atoms with van der Waals surface area (Å²) in [6.45, 7) is 0. The van der Waals surface area contributed by atoms with Gasteiger partial charge >= 0.3 is 0 Å². The molecule has 2 aromatic heterocycles. The standard InChI is InChI=1S/C11H5BrClF2N5/c12-5-1-7(15)8(2-6(5)14)18-10-3-9(13)19-11-16-4-17-20(10)11/h1-4,18H. The van der Waals surface area contributed by atoms with Gasteiger partial charge in [0.1, 0.15) is 28.9 Å². The molecule has 5 nitrogen and oxygen atoms in total. The van der Waals surface area contributed by atoms with Crippen LogP contribution in [0.5, 0.6) is 0 Å². The molecule has 1 aromatic carbocycles. The zero-order chi connectivity index (χ0) is 14.3. The predicted molar refractivity (Wildman–Crippen MR) is 73.1 cm³/mol. The molecule has 0 aliphatic carbocycles. The topological polar surface area (TPSA) is 55.1 Å². The van der Waals surface area contributed by atoms with E-state index in [4.69, 9.17) is 11.6 Å². The number of hydrogen-bond donors (Lipinski definition) is 1. The van der Waals surface area contributed by atoms with Crippen LogP contribution in [0.25, 0.3) is 5.78 Å². The molecular weight excluding hydrogens is 356 g/mol. The van der Waals surface area contributed by atoms with Crippen molar-refractivity contribution in [2.24, 2.45) is 0 Å². The normalized spacial score (nSPS) is 11.0. The van der Waals surface area contributed by atoms with Crippen molar-refractivity contribution in [3.63, 3.8) is 0 Å². The summed E-state index contributed by atoms with van der Waals surface area (Å²) >= 11 is 8.75. The predicted octanol–water partition coefficient (Wildman–Crippen LogP) is 3.56. The van der Waals surface area contributed by atoms with Gasteiger partial charge in [0.2, 0.25) is 0 Å². The first kappa shape index (κ1) is 13.2. The van der Waals surface area contributed by atoms with Gasteiger partial charge in [-0.15, -0.1) is 0 Å². The molecule has 0 saturated carbocycles.